The fourth-order valence-corrected chi connectivity index (χ4v) is 3.68. The molecule has 0 unspecified atom stereocenters. The molecule has 0 bridgehead atoms. The van der Waals surface area contributed by atoms with Crippen molar-refractivity contribution < 1.29 is 0 Å². The Balaban J connectivity index is 1.54. The highest BCUT2D eigenvalue weighted by Crippen LogP contribution is 2.17. The van der Waals surface area contributed by atoms with Gasteiger partial charge >= 0.3 is 0 Å². The van der Waals surface area contributed by atoms with Gasteiger partial charge in [-0.2, -0.15) is 0 Å². The predicted octanol–water partition coefficient (Wildman–Crippen LogP) is 2.80. The molecule has 2 aromatic rings. The summed E-state index contributed by atoms with van der Waals surface area (Å²) in [6.45, 7) is 5.72. The third-order valence-electron chi connectivity index (χ3n) is 5.03. The highest BCUT2D eigenvalue weighted by atomic mass is 79.9. The summed E-state index contributed by atoms with van der Waals surface area (Å²) in [5.41, 5.74) is 2.37. The Morgan fingerprint density at radius 2 is 1.93 bits per heavy atom. The highest BCUT2D eigenvalue weighted by molar-refractivity contribution is 9.10. The van der Waals surface area contributed by atoms with Crippen molar-refractivity contribution in [2.75, 3.05) is 52.2 Å². The van der Waals surface area contributed by atoms with Gasteiger partial charge in [-0.15, -0.1) is 0 Å². The topological polar surface area (TPSA) is 47.0 Å². The molecule has 0 saturated carbocycles. The SMILES string of the molecule is CN=C(NCc1ccc(N2CCN(C)CC2)nc1)N(C)Cc1ccccc1Br. The Morgan fingerprint density at radius 3 is 2.57 bits per heavy atom. The molecule has 0 aliphatic carbocycles. The first-order valence-electron chi connectivity index (χ1n) is 9.60. The van der Waals surface area contributed by atoms with Crippen molar-refractivity contribution in [2.45, 2.75) is 13.1 Å². The number of benzene rings is 1. The van der Waals surface area contributed by atoms with Crippen molar-refractivity contribution in [1.82, 2.24) is 20.1 Å². The van der Waals surface area contributed by atoms with Crippen LogP contribution in [0.4, 0.5) is 5.82 Å². The first kappa shape index (κ1) is 20.6. The Hall–Kier alpha value is -2.12. The van der Waals surface area contributed by atoms with Crippen LogP contribution in [0.25, 0.3) is 0 Å². The average molecular weight is 445 g/mol. The standard InChI is InChI=1S/C21H29BrN6/c1-23-21(27(3)16-18-6-4-5-7-19(18)22)25-15-17-8-9-20(24-14-17)28-12-10-26(2)11-13-28/h4-9,14H,10-13,15-16H2,1-3H3,(H,23,25). The molecule has 150 valence electrons. The molecule has 1 saturated heterocycles. The van der Waals surface area contributed by atoms with Gasteiger partial charge in [0.1, 0.15) is 5.82 Å². The quantitative estimate of drug-likeness (QED) is 0.567. The minimum Gasteiger partial charge on any atom is -0.354 e. The number of piperazine rings is 1. The van der Waals surface area contributed by atoms with E-state index in [1.165, 1.54) is 5.56 Å². The monoisotopic (exact) mass is 444 g/mol. The molecule has 0 atom stereocenters. The molecule has 1 fully saturated rings. The number of aromatic nitrogens is 1. The van der Waals surface area contributed by atoms with Gasteiger partial charge in [-0.3, -0.25) is 4.99 Å². The van der Waals surface area contributed by atoms with E-state index in [2.05, 4.69) is 83.3 Å². The van der Waals surface area contributed by atoms with E-state index in [1.807, 2.05) is 26.4 Å². The third kappa shape index (κ3) is 5.45. The van der Waals surface area contributed by atoms with Crippen LogP contribution in [0.2, 0.25) is 0 Å². The number of rotatable bonds is 5. The predicted molar refractivity (Wildman–Crippen MR) is 120 cm³/mol. The van der Waals surface area contributed by atoms with Crippen LogP contribution in [-0.4, -0.2) is 68.1 Å². The summed E-state index contributed by atoms with van der Waals surface area (Å²) in [5, 5.41) is 3.43. The normalized spacial score (nSPS) is 15.6. The van der Waals surface area contributed by atoms with Crippen LogP contribution in [-0.2, 0) is 13.1 Å². The van der Waals surface area contributed by atoms with Crippen LogP contribution >= 0.6 is 15.9 Å². The summed E-state index contributed by atoms with van der Waals surface area (Å²) in [4.78, 5) is 15.9. The molecule has 1 aliphatic heterocycles. The maximum atomic E-state index is 4.66. The van der Waals surface area contributed by atoms with E-state index in [9.17, 15) is 0 Å². The van der Waals surface area contributed by atoms with Crippen LogP contribution in [0.1, 0.15) is 11.1 Å². The molecular formula is C21H29BrN6. The fraction of sp³-hybridized carbons (Fsp3) is 0.429. The van der Waals surface area contributed by atoms with Gasteiger partial charge in [0.25, 0.3) is 0 Å². The average Bonchev–Trinajstić information content (AvgIpc) is 2.71. The number of pyridine rings is 1. The maximum absolute atomic E-state index is 4.66. The Labute approximate surface area is 176 Å². The van der Waals surface area contributed by atoms with Gasteiger partial charge in [-0.1, -0.05) is 40.2 Å². The first-order valence-corrected chi connectivity index (χ1v) is 10.4. The Bertz CT molecular complexity index is 784. The molecule has 7 heteroatoms. The number of anilines is 1. The van der Waals surface area contributed by atoms with E-state index >= 15 is 0 Å². The van der Waals surface area contributed by atoms with Crippen molar-refractivity contribution >= 4 is 27.7 Å². The van der Waals surface area contributed by atoms with Crippen LogP contribution in [0, 0.1) is 0 Å². The second-order valence-corrected chi connectivity index (χ2v) is 8.02. The van der Waals surface area contributed by atoms with E-state index in [0.29, 0.717) is 6.54 Å². The minimum absolute atomic E-state index is 0.697. The van der Waals surface area contributed by atoms with E-state index in [-0.39, 0.29) is 0 Å². The zero-order valence-corrected chi connectivity index (χ0v) is 18.5. The lowest BCUT2D eigenvalue weighted by Gasteiger charge is -2.33. The Morgan fingerprint density at radius 1 is 1.18 bits per heavy atom. The molecule has 3 rings (SSSR count). The number of hydrogen-bond acceptors (Lipinski definition) is 4. The number of guanidine groups is 1. The molecule has 0 amide bonds. The number of aliphatic imine (C=N–C) groups is 1. The van der Waals surface area contributed by atoms with Crippen LogP contribution in [0.5, 0.6) is 0 Å². The van der Waals surface area contributed by atoms with E-state index in [0.717, 1.165) is 54.5 Å². The summed E-state index contributed by atoms with van der Waals surface area (Å²) >= 11 is 3.61. The minimum atomic E-state index is 0.697. The summed E-state index contributed by atoms with van der Waals surface area (Å²) in [6, 6.07) is 12.5. The number of halogens is 1. The summed E-state index contributed by atoms with van der Waals surface area (Å²) < 4.78 is 1.11. The lowest BCUT2D eigenvalue weighted by atomic mass is 10.2. The summed E-state index contributed by atoms with van der Waals surface area (Å²) in [7, 11) is 6.02. The largest absolute Gasteiger partial charge is 0.354 e. The zero-order valence-electron chi connectivity index (χ0n) is 16.9. The van der Waals surface area contributed by atoms with Gasteiger partial charge in [0.15, 0.2) is 5.96 Å². The van der Waals surface area contributed by atoms with Crippen LogP contribution < -0.4 is 10.2 Å². The van der Waals surface area contributed by atoms with Crippen molar-refractivity contribution in [3.63, 3.8) is 0 Å². The van der Waals surface area contributed by atoms with Gasteiger partial charge in [0.05, 0.1) is 0 Å². The summed E-state index contributed by atoms with van der Waals surface area (Å²) in [5.74, 6) is 1.92. The molecule has 0 radical (unpaired) electrons. The molecule has 0 spiro atoms. The molecular weight excluding hydrogens is 416 g/mol. The maximum Gasteiger partial charge on any atom is 0.193 e. The number of nitrogens with one attached hydrogen (secondary N) is 1. The molecule has 28 heavy (non-hydrogen) atoms. The van der Waals surface area contributed by atoms with Gasteiger partial charge in [0.2, 0.25) is 0 Å². The van der Waals surface area contributed by atoms with Crippen molar-refractivity contribution in [2.24, 2.45) is 4.99 Å². The molecule has 1 aliphatic rings. The smallest absolute Gasteiger partial charge is 0.193 e. The zero-order chi connectivity index (χ0) is 19.9. The second kappa shape index (κ2) is 9.89. The lowest BCUT2D eigenvalue weighted by Crippen LogP contribution is -2.44. The highest BCUT2D eigenvalue weighted by Gasteiger charge is 2.15. The Kier molecular flexibility index (Phi) is 7.28. The lowest BCUT2D eigenvalue weighted by molar-refractivity contribution is 0.312. The number of likely N-dealkylation sites (N-methyl/N-ethyl adjacent to an activating group) is 1. The molecule has 1 N–H and O–H groups in total. The summed E-state index contributed by atoms with van der Waals surface area (Å²) in [6.07, 6.45) is 1.96. The molecule has 1 aromatic carbocycles. The van der Waals surface area contributed by atoms with E-state index < -0.39 is 0 Å². The number of nitrogens with zero attached hydrogens (tertiary/aromatic N) is 5. The fourth-order valence-electron chi connectivity index (χ4n) is 3.27. The van der Waals surface area contributed by atoms with Crippen LogP contribution in [0.3, 0.4) is 0 Å². The molecule has 2 heterocycles. The van der Waals surface area contributed by atoms with Crippen molar-refractivity contribution in [3.8, 4) is 0 Å². The molecule has 1 aromatic heterocycles. The van der Waals surface area contributed by atoms with Gasteiger partial charge in [-0.05, 0) is 30.3 Å². The van der Waals surface area contributed by atoms with Crippen molar-refractivity contribution in [3.05, 3.63) is 58.2 Å². The van der Waals surface area contributed by atoms with E-state index in [4.69, 9.17) is 0 Å². The van der Waals surface area contributed by atoms with Gasteiger partial charge in [-0.25, -0.2) is 4.98 Å². The van der Waals surface area contributed by atoms with Crippen molar-refractivity contribution in [1.29, 1.82) is 0 Å². The second-order valence-electron chi connectivity index (χ2n) is 7.16. The molecule has 6 nitrogen and oxygen atoms in total. The van der Waals surface area contributed by atoms with E-state index in [1.54, 1.807) is 0 Å². The third-order valence-corrected chi connectivity index (χ3v) is 5.80. The first-order chi connectivity index (χ1) is 13.6. The number of hydrogen-bond donors (Lipinski definition) is 1. The van der Waals surface area contributed by atoms with Gasteiger partial charge in [0, 0.05) is 64.0 Å². The van der Waals surface area contributed by atoms with Gasteiger partial charge < -0.3 is 20.0 Å². The van der Waals surface area contributed by atoms with Crippen LogP contribution in [0.15, 0.2) is 52.1 Å².